The molecule has 0 spiro atoms. The predicted octanol–water partition coefficient (Wildman–Crippen LogP) is 2.58. The number of hydrogen-bond donors (Lipinski definition) is 2. The number of aliphatic hydroxyl groups is 1. The number of rotatable bonds is 5. The Hall–Kier alpha value is -0.870. The van der Waals surface area contributed by atoms with Crippen molar-refractivity contribution >= 4 is 17.2 Å². The molecule has 0 fully saturated rings. The van der Waals surface area contributed by atoms with Crippen LogP contribution in [0.1, 0.15) is 43.1 Å². The summed E-state index contributed by atoms with van der Waals surface area (Å²) in [6, 6.07) is 0. The molecule has 2 N–H and O–H groups in total. The first kappa shape index (κ1) is 14.2. The minimum atomic E-state index is -0.853. The molecule has 2 atom stereocenters. The number of nitrogens with one attached hydrogen (secondary N) is 1. The van der Waals surface area contributed by atoms with Crippen LogP contribution in [0, 0.1) is 12.8 Å². The standard InChI is InChI=1S/C13H21NO2S/c1-5-10(3)13(4,16)8-14-12(15)11-7-17-6-9(11)2/h6-7,10,16H,5,8H2,1-4H3,(H,14,15). The highest BCUT2D eigenvalue weighted by Crippen LogP contribution is 2.19. The van der Waals surface area contributed by atoms with E-state index in [4.69, 9.17) is 0 Å². The average Bonchev–Trinajstić information content (AvgIpc) is 2.71. The minimum Gasteiger partial charge on any atom is -0.388 e. The minimum absolute atomic E-state index is 0.104. The molecule has 0 saturated heterocycles. The summed E-state index contributed by atoms with van der Waals surface area (Å²) in [6.45, 7) is 7.99. The van der Waals surface area contributed by atoms with Crippen LogP contribution in [0.5, 0.6) is 0 Å². The maximum Gasteiger partial charge on any atom is 0.252 e. The lowest BCUT2D eigenvalue weighted by Gasteiger charge is -2.29. The fourth-order valence-electron chi connectivity index (χ4n) is 1.56. The number of aryl methyl sites for hydroxylation is 1. The van der Waals surface area contributed by atoms with Gasteiger partial charge in [-0.05, 0) is 30.7 Å². The Bertz CT molecular complexity index is 385. The Kier molecular flexibility index (Phi) is 4.71. The van der Waals surface area contributed by atoms with Crippen molar-refractivity contribution in [3.8, 4) is 0 Å². The van der Waals surface area contributed by atoms with Crippen LogP contribution in [0.15, 0.2) is 10.8 Å². The predicted molar refractivity (Wildman–Crippen MR) is 71.5 cm³/mol. The third-order valence-corrected chi connectivity index (χ3v) is 4.24. The maximum atomic E-state index is 11.9. The van der Waals surface area contributed by atoms with Gasteiger partial charge in [0, 0.05) is 11.9 Å². The molecular weight excluding hydrogens is 234 g/mol. The highest BCUT2D eigenvalue weighted by atomic mass is 32.1. The van der Waals surface area contributed by atoms with E-state index in [1.165, 1.54) is 11.3 Å². The summed E-state index contributed by atoms with van der Waals surface area (Å²) in [5, 5.41) is 16.8. The van der Waals surface area contributed by atoms with Crippen molar-refractivity contribution in [1.82, 2.24) is 5.32 Å². The van der Waals surface area contributed by atoms with Gasteiger partial charge in [0.2, 0.25) is 0 Å². The molecule has 1 rings (SSSR count). The van der Waals surface area contributed by atoms with E-state index in [1.54, 1.807) is 6.92 Å². The molecule has 96 valence electrons. The second-order valence-corrected chi connectivity index (χ2v) is 5.56. The van der Waals surface area contributed by atoms with Crippen molar-refractivity contribution in [3.05, 3.63) is 21.9 Å². The molecule has 1 amide bonds. The molecule has 1 aromatic heterocycles. The van der Waals surface area contributed by atoms with Gasteiger partial charge < -0.3 is 10.4 Å². The molecule has 2 unspecified atom stereocenters. The summed E-state index contributed by atoms with van der Waals surface area (Å²) >= 11 is 1.52. The van der Waals surface area contributed by atoms with Crippen molar-refractivity contribution in [2.75, 3.05) is 6.54 Å². The molecule has 0 aliphatic carbocycles. The molecule has 17 heavy (non-hydrogen) atoms. The van der Waals surface area contributed by atoms with E-state index in [2.05, 4.69) is 5.32 Å². The fourth-order valence-corrected chi connectivity index (χ4v) is 2.39. The van der Waals surface area contributed by atoms with Crippen LogP contribution in [0.4, 0.5) is 0 Å². The largest absolute Gasteiger partial charge is 0.388 e. The van der Waals surface area contributed by atoms with Crippen molar-refractivity contribution in [3.63, 3.8) is 0 Å². The van der Waals surface area contributed by atoms with Gasteiger partial charge in [0.25, 0.3) is 5.91 Å². The molecule has 0 aromatic carbocycles. The molecule has 1 aromatic rings. The topological polar surface area (TPSA) is 49.3 Å². The first-order chi connectivity index (χ1) is 7.88. The monoisotopic (exact) mass is 255 g/mol. The molecule has 4 heteroatoms. The lowest BCUT2D eigenvalue weighted by molar-refractivity contribution is 0.00592. The fraction of sp³-hybridized carbons (Fsp3) is 0.615. The van der Waals surface area contributed by atoms with Crippen molar-refractivity contribution in [1.29, 1.82) is 0 Å². The number of thiophene rings is 1. The molecular formula is C13H21NO2S. The number of hydrogen-bond acceptors (Lipinski definition) is 3. The Labute approximate surface area is 107 Å². The van der Waals surface area contributed by atoms with E-state index < -0.39 is 5.60 Å². The smallest absolute Gasteiger partial charge is 0.252 e. The SMILES string of the molecule is CCC(C)C(C)(O)CNC(=O)c1cscc1C. The van der Waals surface area contributed by atoms with Crippen LogP contribution in [0.2, 0.25) is 0 Å². The van der Waals surface area contributed by atoms with E-state index in [1.807, 2.05) is 31.5 Å². The Morgan fingerprint density at radius 2 is 2.24 bits per heavy atom. The van der Waals surface area contributed by atoms with Gasteiger partial charge in [-0.3, -0.25) is 4.79 Å². The second-order valence-electron chi connectivity index (χ2n) is 4.82. The third-order valence-electron chi connectivity index (χ3n) is 3.38. The van der Waals surface area contributed by atoms with Crippen LogP contribution in [-0.2, 0) is 0 Å². The van der Waals surface area contributed by atoms with Gasteiger partial charge >= 0.3 is 0 Å². The van der Waals surface area contributed by atoms with Crippen LogP contribution >= 0.6 is 11.3 Å². The van der Waals surface area contributed by atoms with E-state index in [0.717, 1.165) is 12.0 Å². The van der Waals surface area contributed by atoms with Gasteiger partial charge in [0.1, 0.15) is 0 Å². The highest BCUT2D eigenvalue weighted by Gasteiger charge is 2.27. The first-order valence-electron chi connectivity index (χ1n) is 5.91. The molecule has 3 nitrogen and oxygen atoms in total. The number of carbonyl (C=O) groups excluding carboxylic acids is 1. The van der Waals surface area contributed by atoms with Gasteiger partial charge in [-0.15, -0.1) is 0 Å². The van der Waals surface area contributed by atoms with Gasteiger partial charge in [0.15, 0.2) is 0 Å². The third kappa shape index (κ3) is 3.54. The molecule has 0 saturated carbocycles. The van der Waals surface area contributed by atoms with Crippen LogP contribution in [-0.4, -0.2) is 23.2 Å². The summed E-state index contributed by atoms with van der Waals surface area (Å²) in [7, 11) is 0. The van der Waals surface area contributed by atoms with Crippen molar-refractivity contribution in [2.24, 2.45) is 5.92 Å². The molecule has 1 heterocycles. The Balaban J connectivity index is 2.57. The van der Waals surface area contributed by atoms with Crippen LogP contribution < -0.4 is 5.32 Å². The Morgan fingerprint density at radius 1 is 1.59 bits per heavy atom. The normalized spacial score (nSPS) is 16.3. The summed E-state index contributed by atoms with van der Waals surface area (Å²) in [5.74, 6) is 0.0544. The molecule has 0 aliphatic rings. The number of amides is 1. The van der Waals surface area contributed by atoms with Gasteiger partial charge in [-0.25, -0.2) is 0 Å². The quantitative estimate of drug-likeness (QED) is 0.849. The lowest BCUT2D eigenvalue weighted by Crippen LogP contribution is -2.45. The summed E-state index contributed by atoms with van der Waals surface area (Å²) in [4.78, 5) is 11.9. The van der Waals surface area contributed by atoms with Gasteiger partial charge in [0.05, 0.1) is 11.2 Å². The Morgan fingerprint density at radius 3 is 2.71 bits per heavy atom. The van der Waals surface area contributed by atoms with Crippen LogP contribution in [0.25, 0.3) is 0 Å². The van der Waals surface area contributed by atoms with Crippen LogP contribution in [0.3, 0.4) is 0 Å². The molecule has 0 bridgehead atoms. The van der Waals surface area contributed by atoms with E-state index in [-0.39, 0.29) is 18.4 Å². The molecule has 0 radical (unpaired) electrons. The zero-order valence-corrected chi connectivity index (χ0v) is 11.7. The second kappa shape index (κ2) is 5.65. The maximum absolute atomic E-state index is 11.9. The molecule has 0 aliphatic heterocycles. The number of carbonyl (C=O) groups is 1. The van der Waals surface area contributed by atoms with Gasteiger partial charge in [-0.2, -0.15) is 11.3 Å². The summed E-state index contributed by atoms with van der Waals surface area (Å²) in [5.41, 5.74) is 0.833. The van der Waals surface area contributed by atoms with E-state index in [9.17, 15) is 9.90 Å². The van der Waals surface area contributed by atoms with Crippen molar-refractivity contribution < 1.29 is 9.90 Å². The zero-order valence-electron chi connectivity index (χ0n) is 10.9. The van der Waals surface area contributed by atoms with Gasteiger partial charge in [-0.1, -0.05) is 20.3 Å². The van der Waals surface area contributed by atoms with E-state index >= 15 is 0 Å². The van der Waals surface area contributed by atoms with Crippen molar-refractivity contribution in [2.45, 2.75) is 39.7 Å². The first-order valence-corrected chi connectivity index (χ1v) is 6.86. The lowest BCUT2D eigenvalue weighted by atomic mass is 9.88. The summed E-state index contributed by atoms with van der Waals surface area (Å²) in [6.07, 6.45) is 0.889. The van der Waals surface area contributed by atoms with E-state index in [0.29, 0.717) is 5.56 Å². The zero-order chi connectivity index (χ0) is 13.1. The average molecular weight is 255 g/mol. The summed E-state index contributed by atoms with van der Waals surface area (Å²) < 4.78 is 0. The highest BCUT2D eigenvalue weighted by molar-refractivity contribution is 7.08.